The van der Waals surface area contributed by atoms with Crippen molar-refractivity contribution in [3.05, 3.63) is 72.6 Å². The number of hydrogen-bond donors (Lipinski definition) is 3. The molecule has 6 rings (SSSR count). The van der Waals surface area contributed by atoms with Crippen molar-refractivity contribution < 1.29 is 4.39 Å². The van der Waals surface area contributed by atoms with Gasteiger partial charge in [-0.25, -0.2) is 14.4 Å². The summed E-state index contributed by atoms with van der Waals surface area (Å²) in [6.07, 6.45) is 7.10. The fourth-order valence-corrected chi connectivity index (χ4v) is 4.83. The monoisotopic (exact) mass is 550 g/mol. The summed E-state index contributed by atoms with van der Waals surface area (Å²) >= 11 is 0. The minimum atomic E-state index is -0.332. The van der Waals surface area contributed by atoms with Crippen molar-refractivity contribution in [2.24, 2.45) is 0 Å². The third kappa shape index (κ3) is 5.63. The predicted molar refractivity (Wildman–Crippen MR) is 160 cm³/mol. The normalized spacial score (nSPS) is 11.8. The zero-order valence-electron chi connectivity index (χ0n) is 23.4. The zero-order chi connectivity index (χ0) is 28.5. The summed E-state index contributed by atoms with van der Waals surface area (Å²) in [6.45, 7) is 2.31. The Hall–Kier alpha value is -4.74. The molecule has 0 radical (unpaired) electrons. The quantitative estimate of drug-likeness (QED) is 0.235. The van der Waals surface area contributed by atoms with Gasteiger partial charge >= 0.3 is 0 Å². The van der Waals surface area contributed by atoms with Crippen molar-refractivity contribution >= 4 is 27.8 Å². The van der Waals surface area contributed by atoms with Crippen LogP contribution in [0.1, 0.15) is 5.56 Å². The number of H-pyrrole nitrogens is 2. The van der Waals surface area contributed by atoms with E-state index in [0.29, 0.717) is 40.3 Å². The molecule has 0 saturated heterocycles. The molecule has 0 aliphatic heterocycles. The first kappa shape index (κ1) is 26.5. The number of anilines is 1. The SMILES string of the molecule is CN(C)CCNc1cc(F)cc(-c2cncc3[nH]c(-c4n[nH]c5ccc(-c6cncc(CN(C)C)c6)nc45)nc23)c1. The zero-order valence-corrected chi connectivity index (χ0v) is 23.4. The molecule has 0 amide bonds. The second-order valence-electron chi connectivity index (χ2n) is 10.6. The molecule has 5 heterocycles. The van der Waals surface area contributed by atoms with E-state index >= 15 is 0 Å². The van der Waals surface area contributed by atoms with Gasteiger partial charge < -0.3 is 20.1 Å². The number of rotatable bonds is 9. The molecule has 10 nitrogen and oxygen atoms in total. The Morgan fingerprint density at radius 1 is 0.829 bits per heavy atom. The number of hydrogen-bond acceptors (Lipinski definition) is 8. The Morgan fingerprint density at radius 2 is 1.68 bits per heavy atom. The van der Waals surface area contributed by atoms with E-state index in [9.17, 15) is 4.39 Å². The minimum absolute atomic E-state index is 0.332. The van der Waals surface area contributed by atoms with Crippen LogP contribution in [0.15, 0.2) is 61.2 Å². The molecule has 0 aliphatic rings. The average Bonchev–Trinajstić information content (AvgIpc) is 3.56. The fourth-order valence-electron chi connectivity index (χ4n) is 4.83. The van der Waals surface area contributed by atoms with E-state index in [2.05, 4.69) is 46.3 Å². The molecule has 0 unspecified atom stereocenters. The lowest BCUT2D eigenvalue weighted by Gasteiger charge is -2.12. The first-order valence-corrected chi connectivity index (χ1v) is 13.3. The van der Waals surface area contributed by atoms with Crippen molar-refractivity contribution in [2.75, 3.05) is 46.6 Å². The van der Waals surface area contributed by atoms with Crippen LogP contribution in [0.2, 0.25) is 0 Å². The summed E-state index contributed by atoms with van der Waals surface area (Å²) in [4.78, 5) is 26.1. The molecule has 208 valence electrons. The van der Waals surface area contributed by atoms with Crippen molar-refractivity contribution in [3.8, 4) is 33.9 Å². The van der Waals surface area contributed by atoms with Crippen LogP contribution in [0.4, 0.5) is 10.1 Å². The molecule has 3 N–H and O–H groups in total. The number of aromatic amines is 2. The van der Waals surface area contributed by atoms with Gasteiger partial charge in [-0.3, -0.25) is 15.1 Å². The minimum Gasteiger partial charge on any atom is -0.384 e. The molecule has 0 saturated carbocycles. The van der Waals surface area contributed by atoms with Crippen molar-refractivity contribution in [1.29, 1.82) is 0 Å². The number of imidazole rings is 1. The molecule has 0 spiro atoms. The summed E-state index contributed by atoms with van der Waals surface area (Å²) in [5.74, 6) is 0.215. The van der Waals surface area contributed by atoms with Gasteiger partial charge in [-0.15, -0.1) is 0 Å². The van der Waals surface area contributed by atoms with Crippen LogP contribution < -0.4 is 5.32 Å². The number of fused-ring (bicyclic) bond motifs is 2. The Kier molecular flexibility index (Phi) is 7.12. The van der Waals surface area contributed by atoms with E-state index in [1.807, 2.05) is 58.8 Å². The van der Waals surface area contributed by atoms with Crippen molar-refractivity contribution in [3.63, 3.8) is 0 Å². The number of aromatic nitrogens is 7. The maximum atomic E-state index is 14.6. The van der Waals surface area contributed by atoms with Crippen LogP contribution in [0, 0.1) is 5.82 Å². The summed E-state index contributed by atoms with van der Waals surface area (Å²) in [5, 5.41) is 10.9. The standard InChI is InChI=1S/C30H31FN10/c1-40(2)8-7-34-22-11-19(10-21(31)12-22)23-15-33-16-26-27(23)37-30(36-26)29-28-25(38-39-29)6-5-24(35-28)20-9-18(13-32-14-20)17-41(3)4/h5-6,9-16,34H,7-8,17H2,1-4H3,(H,36,37)(H,38,39). The molecule has 5 aromatic heterocycles. The van der Waals surface area contributed by atoms with Gasteiger partial charge in [-0.05, 0) is 75.7 Å². The molecule has 1 aromatic carbocycles. The van der Waals surface area contributed by atoms with Crippen LogP contribution in [-0.2, 0) is 6.54 Å². The summed E-state index contributed by atoms with van der Waals surface area (Å²) in [6, 6.07) is 10.9. The molecule has 0 atom stereocenters. The Labute approximate surface area is 236 Å². The highest BCUT2D eigenvalue weighted by Crippen LogP contribution is 2.32. The van der Waals surface area contributed by atoms with Crippen LogP contribution in [0.3, 0.4) is 0 Å². The predicted octanol–water partition coefficient (Wildman–Crippen LogP) is 4.80. The number of benzene rings is 1. The van der Waals surface area contributed by atoms with Crippen LogP contribution >= 0.6 is 0 Å². The lowest BCUT2D eigenvalue weighted by Crippen LogP contribution is -2.20. The van der Waals surface area contributed by atoms with Crippen molar-refractivity contribution in [2.45, 2.75) is 6.54 Å². The number of nitrogens with zero attached hydrogens (tertiary/aromatic N) is 7. The molecule has 11 heteroatoms. The largest absolute Gasteiger partial charge is 0.384 e. The maximum absolute atomic E-state index is 14.6. The average molecular weight is 551 g/mol. The number of pyridine rings is 3. The van der Waals surface area contributed by atoms with Gasteiger partial charge in [-0.1, -0.05) is 0 Å². The van der Waals surface area contributed by atoms with E-state index in [1.54, 1.807) is 12.4 Å². The lowest BCUT2D eigenvalue weighted by molar-refractivity contribution is 0.402. The van der Waals surface area contributed by atoms with E-state index < -0.39 is 0 Å². The lowest BCUT2D eigenvalue weighted by atomic mass is 10.1. The van der Waals surface area contributed by atoms with E-state index in [0.717, 1.165) is 46.5 Å². The highest BCUT2D eigenvalue weighted by atomic mass is 19.1. The summed E-state index contributed by atoms with van der Waals surface area (Å²) in [7, 11) is 8.06. The summed E-state index contributed by atoms with van der Waals surface area (Å²) < 4.78 is 14.6. The van der Waals surface area contributed by atoms with Gasteiger partial charge in [0.15, 0.2) is 11.5 Å². The van der Waals surface area contributed by atoms with Crippen molar-refractivity contribution in [1.82, 2.24) is 44.9 Å². The topological polar surface area (TPSA) is 115 Å². The smallest absolute Gasteiger partial charge is 0.161 e. The van der Waals surface area contributed by atoms with Gasteiger partial charge in [0.2, 0.25) is 0 Å². The van der Waals surface area contributed by atoms with Crippen LogP contribution in [0.25, 0.3) is 56.0 Å². The van der Waals surface area contributed by atoms with Gasteiger partial charge in [-0.2, -0.15) is 5.10 Å². The molecule has 41 heavy (non-hydrogen) atoms. The maximum Gasteiger partial charge on any atom is 0.161 e. The number of halogens is 1. The molecular formula is C30H31FN10. The molecule has 0 fully saturated rings. The Morgan fingerprint density at radius 3 is 2.51 bits per heavy atom. The van der Waals surface area contributed by atoms with Crippen LogP contribution in [-0.4, -0.2) is 86.2 Å². The fraction of sp³-hybridized carbons (Fsp3) is 0.233. The van der Waals surface area contributed by atoms with Gasteiger partial charge in [0, 0.05) is 55.0 Å². The summed E-state index contributed by atoms with van der Waals surface area (Å²) in [5.41, 5.74) is 8.39. The molecule has 0 aliphatic carbocycles. The first-order valence-electron chi connectivity index (χ1n) is 13.3. The van der Waals surface area contributed by atoms with Gasteiger partial charge in [0.05, 0.1) is 28.4 Å². The third-order valence-electron chi connectivity index (χ3n) is 6.71. The molecule has 6 aromatic rings. The van der Waals surface area contributed by atoms with E-state index in [-0.39, 0.29) is 5.82 Å². The van der Waals surface area contributed by atoms with E-state index in [1.165, 1.54) is 12.1 Å². The second-order valence-corrected chi connectivity index (χ2v) is 10.6. The Bertz CT molecular complexity index is 1840. The first-order chi connectivity index (χ1) is 19.8. The highest BCUT2D eigenvalue weighted by molar-refractivity contribution is 5.96. The number of nitrogens with one attached hydrogen (secondary N) is 3. The van der Waals surface area contributed by atoms with E-state index in [4.69, 9.17) is 9.97 Å². The molecule has 0 bridgehead atoms. The Balaban J connectivity index is 1.37. The third-order valence-corrected chi connectivity index (χ3v) is 6.71. The van der Waals surface area contributed by atoms with Gasteiger partial charge in [0.25, 0.3) is 0 Å². The number of likely N-dealkylation sites (N-methyl/N-ethyl adjacent to an activating group) is 1. The highest BCUT2D eigenvalue weighted by Gasteiger charge is 2.18. The van der Waals surface area contributed by atoms with Crippen LogP contribution in [0.5, 0.6) is 0 Å². The van der Waals surface area contributed by atoms with Gasteiger partial charge in [0.1, 0.15) is 11.3 Å². The molecular weight excluding hydrogens is 519 g/mol. The second kappa shape index (κ2) is 11.0.